The molecule has 1 aliphatic carbocycles. The first kappa shape index (κ1) is 13.9. The van der Waals surface area contributed by atoms with Crippen LogP contribution in [-0.2, 0) is 5.54 Å². The average molecular weight is 276 g/mol. The summed E-state index contributed by atoms with van der Waals surface area (Å²) in [6.45, 7) is 1.70. The van der Waals surface area contributed by atoms with Crippen molar-refractivity contribution in [3.05, 3.63) is 17.7 Å². The van der Waals surface area contributed by atoms with E-state index in [4.69, 9.17) is 11.5 Å². The molecule has 2 rings (SSSR count). The molecule has 0 aromatic carbocycles. The molecule has 20 heavy (non-hydrogen) atoms. The fraction of sp³-hybridized carbons (Fsp3) is 0.462. The molecule has 1 heterocycles. The van der Waals surface area contributed by atoms with E-state index in [0.717, 1.165) is 6.42 Å². The Morgan fingerprint density at radius 2 is 2.30 bits per heavy atom. The quantitative estimate of drug-likeness (QED) is 0.610. The fourth-order valence-electron chi connectivity index (χ4n) is 2.12. The zero-order valence-corrected chi connectivity index (χ0v) is 11.1. The number of hydrogen-bond donors (Lipinski definition) is 4. The number of amides is 2. The summed E-state index contributed by atoms with van der Waals surface area (Å²) in [7, 11) is 0. The van der Waals surface area contributed by atoms with Crippen LogP contribution in [0.5, 0.6) is 0 Å². The van der Waals surface area contributed by atoms with Gasteiger partial charge in [-0.25, -0.2) is 14.6 Å². The number of carbonyl (C=O) groups is 2. The van der Waals surface area contributed by atoms with Crippen molar-refractivity contribution in [3.8, 4) is 12.3 Å². The second kappa shape index (κ2) is 5.25. The third kappa shape index (κ3) is 2.59. The Balaban J connectivity index is 2.11. The van der Waals surface area contributed by atoms with Crippen LogP contribution in [0.4, 0.5) is 4.79 Å². The van der Waals surface area contributed by atoms with Crippen molar-refractivity contribution in [2.75, 3.05) is 0 Å². The lowest BCUT2D eigenvalue weighted by Crippen LogP contribution is -2.55. The van der Waals surface area contributed by atoms with Crippen molar-refractivity contribution in [1.29, 1.82) is 0 Å². The Kier molecular flexibility index (Phi) is 3.66. The normalized spacial score (nSPS) is 17.4. The molecule has 7 nitrogen and oxygen atoms in total. The lowest BCUT2D eigenvalue weighted by Gasteiger charge is -2.40. The van der Waals surface area contributed by atoms with E-state index < -0.39 is 11.5 Å². The molecule has 2 amide bonds. The highest BCUT2D eigenvalue weighted by Crippen LogP contribution is 2.39. The lowest BCUT2D eigenvalue weighted by molar-refractivity contribution is 0.0690. The number of aromatic carboxylic acids is 1. The zero-order chi connectivity index (χ0) is 14.8. The van der Waals surface area contributed by atoms with Gasteiger partial charge in [0.1, 0.15) is 11.5 Å². The molecular formula is C13H16N4O3. The topological polar surface area (TPSA) is 107 Å². The smallest absolute Gasteiger partial charge is 0.353 e. The van der Waals surface area contributed by atoms with Crippen molar-refractivity contribution >= 4 is 12.0 Å². The standard InChI is InChI=1S/C13H16N4O3/c1-3-8(2)15-12(20)17-13(5-4-6-13)11-14-7-9(16-11)10(18)19/h1,7-8H,4-6H2,2H3,(H,14,16)(H,18,19)(H2,15,17,20). The van der Waals surface area contributed by atoms with Crippen molar-refractivity contribution in [3.63, 3.8) is 0 Å². The van der Waals surface area contributed by atoms with Gasteiger partial charge in [0.15, 0.2) is 0 Å². The third-order valence-corrected chi connectivity index (χ3v) is 3.42. The van der Waals surface area contributed by atoms with Crippen LogP contribution in [0.2, 0.25) is 0 Å². The number of carboxylic acids is 1. The van der Waals surface area contributed by atoms with Crippen molar-refractivity contribution in [2.24, 2.45) is 0 Å². The summed E-state index contributed by atoms with van der Waals surface area (Å²) in [6, 6.07) is -0.762. The van der Waals surface area contributed by atoms with Crippen LogP contribution in [0.1, 0.15) is 42.5 Å². The highest BCUT2D eigenvalue weighted by atomic mass is 16.4. The molecule has 0 saturated heterocycles. The molecule has 1 atom stereocenters. The highest BCUT2D eigenvalue weighted by Gasteiger charge is 2.43. The van der Waals surface area contributed by atoms with E-state index in [1.807, 2.05) is 0 Å². The predicted octanol–water partition coefficient (Wildman–Crippen LogP) is 0.808. The molecule has 0 bridgehead atoms. The zero-order valence-electron chi connectivity index (χ0n) is 11.1. The molecule has 4 N–H and O–H groups in total. The van der Waals surface area contributed by atoms with E-state index >= 15 is 0 Å². The maximum Gasteiger partial charge on any atom is 0.353 e. The second-order valence-electron chi connectivity index (χ2n) is 4.87. The first-order valence-corrected chi connectivity index (χ1v) is 6.30. The monoisotopic (exact) mass is 276 g/mol. The van der Waals surface area contributed by atoms with Gasteiger partial charge in [-0.05, 0) is 26.2 Å². The molecule has 106 valence electrons. The number of urea groups is 1. The van der Waals surface area contributed by atoms with Gasteiger partial charge in [0.2, 0.25) is 0 Å². The maximum atomic E-state index is 11.9. The summed E-state index contributed by atoms with van der Waals surface area (Å²) in [4.78, 5) is 29.5. The van der Waals surface area contributed by atoms with Crippen LogP contribution in [0.15, 0.2) is 6.20 Å². The highest BCUT2D eigenvalue weighted by molar-refractivity contribution is 5.85. The Hall–Kier alpha value is -2.49. The van der Waals surface area contributed by atoms with Gasteiger partial charge in [0, 0.05) is 0 Å². The largest absolute Gasteiger partial charge is 0.477 e. The minimum Gasteiger partial charge on any atom is -0.477 e. The van der Waals surface area contributed by atoms with Crippen molar-refractivity contribution in [2.45, 2.75) is 37.8 Å². The van der Waals surface area contributed by atoms with Crippen molar-refractivity contribution in [1.82, 2.24) is 20.6 Å². The first-order chi connectivity index (χ1) is 9.47. The van der Waals surface area contributed by atoms with E-state index in [1.165, 1.54) is 6.20 Å². The van der Waals surface area contributed by atoms with Crippen LogP contribution in [0.3, 0.4) is 0 Å². The summed E-state index contributed by atoms with van der Waals surface area (Å²) >= 11 is 0. The van der Waals surface area contributed by atoms with Crippen LogP contribution in [0, 0.1) is 12.3 Å². The summed E-state index contributed by atoms with van der Waals surface area (Å²) in [5.41, 5.74) is -0.628. The number of rotatable bonds is 4. The molecule has 1 saturated carbocycles. The summed E-state index contributed by atoms with van der Waals surface area (Å²) in [5, 5.41) is 14.3. The molecular weight excluding hydrogens is 260 g/mol. The number of nitrogens with one attached hydrogen (secondary N) is 3. The van der Waals surface area contributed by atoms with Gasteiger partial charge in [-0.1, -0.05) is 5.92 Å². The van der Waals surface area contributed by atoms with E-state index in [9.17, 15) is 9.59 Å². The second-order valence-corrected chi connectivity index (χ2v) is 4.87. The molecule has 0 spiro atoms. The predicted molar refractivity (Wildman–Crippen MR) is 71.0 cm³/mol. The number of aromatic amines is 1. The lowest BCUT2D eigenvalue weighted by atomic mass is 9.76. The van der Waals surface area contributed by atoms with Crippen molar-refractivity contribution < 1.29 is 14.7 Å². The average Bonchev–Trinajstić information content (AvgIpc) is 2.83. The van der Waals surface area contributed by atoms with E-state index in [2.05, 4.69) is 26.5 Å². The number of terminal acetylenes is 1. The Morgan fingerprint density at radius 3 is 2.75 bits per heavy atom. The summed E-state index contributed by atoms with van der Waals surface area (Å²) < 4.78 is 0. The number of aromatic nitrogens is 2. The molecule has 1 aromatic rings. The fourth-order valence-corrected chi connectivity index (χ4v) is 2.12. The van der Waals surface area contributed by atoms with Crippen LogP contribution in [-0.4, -0.2) is 33.1 Å². The van der Waals surface area contributed by atoms with Gasteiger partial charge >= 0.3 is 12.0 Å². The van der Waals surface area contributed by atoms with Crippen LogP contribution in [0.25, 0.3) is 0 Å². The molecule has 1 fully saturated rings. The minimum absolute atomic E-state index is 0.00507. The maximum absolute atomic E-state index is 11.9. The van der Waals surface area contributed by atoms with E-state index in [0.29, 0.717) is 18.7 Å². The number of carbonyl (C=O) groups excluding carboxylic acids is 1. The summed E-state index contributed by atoms with van der Waals surface area (Å²) in [5.74, 6) is 1.79. The Morgan fingerprint density at radius 1 is 1.60 bits per heavy atom. The Bertz CT molecular complexity index is 568. The van der Waals surface area contributed by atoms with Gasteiger partial charge < -0.3 is 20.7 Å². The number of H-pyrrole nitrogens is 1. The van der Waals surface area contributed by atoms with Gasteiger partial charge in [-0.15, -0.1) is 6.42 Å². The molecule has 1 aromatic heterocycles. The molecule has 7 heteroatoms. The van der Waals surface area contributed by atoms with Gasteiger partial charge in [-0.3, -0.25) is 0 Å². The number of carboxylic acid groups (broad SMARTS) is 1. The molecule has 1 aliphatic rings. The third-order valence-electron chi connectivity index (χ3n) is 3.42. The first-order valence-electron chi connectivity index (χ1n) is 6.30. The van der Waals surface area contributed by atoms with Crippen LogP contribution >= 0.6 is 0 Å². The van der Waals surface area contributed by atoms with Gasteiger partial charge in [-0.2, -0.15) is 0 Å². The molecule has 0 radical (unpaired) electrons. The Labute approximate surface area is 116 Å². The van der Waals surface area contributed by atoms with Gasteiger partial charge in [0.25, 0.3) is 0 Å². The van der Waals surface area contributed by atoms with Crippen LogP contribution < -0.4 is 10.6 Å². The number of hydrogen-bond acceptors (Lipinski definition) is 3. The molecule has 1 unspecified atom stereocenters. The number of nitrogens with zero attached hydrogens (tertiary/aromatic N) is 1. The molecule has 0 aliphatic heterocycles. The van der Waals surface area contributed by atoms with E-state index in [-0.39, 0.29) is 17.8 Å². The SMILES string of the molecule is C#CC(C)NC(=O)NC1(c2ncc(C(=O)O)[nH]2)CCC1. The summed E-state index contributed by atoms with van der Waals surface area (Å²) in [6.07, 6.45) is 8.80. The number of imidazole rings is 1. The minimum atomic E-state index is -1.08. The van der Waals surface area contributed by atoms with E-state index in [1.54, 1.807) is 6.92 Å². The van der Waals surface area contributed by atoms with Gasteiger partial charge in [0.05, 0.1) is 17.8 Å².